The second kappa shape index (κ2) is 8.44. The van der Waals surface area contributed by atoms with Gasteiger partial charge in [0.15, 0.2) is 0 Å². The van der Waals surface area contributed by atoms with Gasteiger partial charge in [-0.15, -0.1) is 0 Å². The summed E-state index contributed by atoms with van der Waals surface area (Å²) in [5.74, 6) is 4.98. The molecule has 0 aliphatic carbocycles. The fourth-order valence-corrected chi connectivity index (χ4v) is 2.15. The van der Waals surface area contributed by atoms with Crippen LogP contribution in [0, 0.1) is 22.0 Å². The first-order valence-electron chi connectivity index (χ1n) is 7.72. The third-order valence-electron chi connectivity index (χ3n) is 3.45. The maximum atomic E-state index is 12.0. The van der Waals surface area contributed by atoms with Crippen molar-refractivity contribution in [2.24, 2.45) is 0 Å². The summed E-state index contributed by atoms with van der Waals surface area (Å²) >= 11 is 0. The number of nitro benzene ring substituents is 1. The number of carbonyl (C=O) groups excluding carboxylic acids is 2. The number of nitrogens with one attached hydrogen (secondary N) is 1. The molecule has 7 nitrogen and oxygen atoms in total. The van der Waals surface area contributed by atoms with Gasteiger partial charge >= 0.3 is 0 Å². The Morgan fingerprint density at radius 1 is 1.12 bits per heavy atom. The van der Waals surface area contributed by atoms with Gasteiger partial charge in [-0.05, 0) is 30.3 Å². The minimum Gasteiger partial charge on any atom is -0.345 e. The molecule has 1 N–H and O–H groups in total. The number of nitro groups is 1. The van der Waals surface area contributed by atoms with E-state index in [2.05, 4.69) is 17.2 Å². The predicted octanol–water partition coefficient (Wildman–Crippen LogP) is 2.08. The van der Waals surface area contributed by atoms with Gasteiger partial charge in [-0.25, -0.2) is 0 Å². The van der Waals surface area contributed by atoms with Crippen LogP contribution in [0.5, 0.6) is 0 Å². The lowest BCUT2D eigenvalue weighted by molar-refractivity contribution is -0.385. The molecule has 0 unspecified atom stereocenters. The third kappa shape index (κ3) is 4.68. The van der Waals surface area contributed by atoms with Crippen LogP contribution in [0.2, 0.25) is 0 Å². The van der Waals surface area contributed by atoms with Gasteiger partial charge in [0.1, 0.15) is 5.56 Å². The van der Waals surface area contributed by atoms with Crippen LogP contribution in [0.3, 0.4) is 0 Å². The van der Waals surface area contributed by atoms with Gasteiger partial charge in [-0.1, -0.05) is 24.0 Å². The van der Waals surface area contributed by atoms with E-state index in [0.717, 1.165) is 0 Å². The van der Waals surface area contributed by atoms with Gasteiger partial charge in [-0.2, -0.15) is 0 Å². The maximum Gasteiger partial charge on any atom is 0.282 e. The molecule has 2 amide bonds. The molecule has 0 aromatic heterocycles. The topological polar surface area (TPSA) is 92.6 Å². The van der Waals surface area contributed by atoms with Crippen LogP contribution in [0.15, 0.2) is 48.5 Å². The molecule has 0 fully saturated rings. The van der Waals surface area contributed by atoms with E-state index in [1.807, 2.05) is 0 Å². The second-order valence-corrected chi connectivity index (χ2v) is 5.54. The molecule has 0 saturated carbocycles. The molecular weight excluding hydrogens is 334 g/mol. The van der Waals surface area contributed by atoms with Crippen LogP contribution in [0.1, 0.15) is 26.3 Å². The highest BCUT2D eigenvalue weighted by molar-refractivity contribution is 5.98. The van der Waals surface area contributed by atoms with Crippen LogP contribution in [-0.2, 0) is 0 Å². The second-order valence-electron chi connectivity index (χ2n) is 5.54. The average Bonchev–Trinajstić information content (AvgIpc) is 2.64. The Hall–Kier alpha value is -3.66. The first-order valence-corrected chi connectivity index (χ1v) is 7.72. The summed E-state index contributed by atoms with van der Waals surface area (Å²) in [5, 5.41) is 13.5. The Balaban J connectivity index is 1.98. The Bertz CT molecular complexity index is 893. The van der Waals surface area contributed by atoms with Gasteiger partial charge in [0, 0.05) is 31.3 Å². The largest absolute Gasteiger partial charge is 0.345 e. The van der Waals surface area contributed by atoms with Crippen molar-refractivity contribution in [3.63, 3.8) is 0 Å². The molecule has 0 saturated heterocycles. The van der Waals surface area contributed by atoms with E-state index in [1.54, 1.807) is 44.4 Å². The first-order chi connectivity index (χ1) is 12.4. The number of rotatable bonds is 4. The van der Waals surface area contributed by atoms with E-state index < -0.39 is 10.8 Å². The summed E-state index contributed by atoms with van der Waals surface area (Å²) in [6.07, 6.45) is 0. The zero-order chi connectivity index (χ0) is 19.1. The molecule has 0 radical (unpaired) electrons. The molecule has 2 aromatic rings. The Kier molecular flexibility index (Phi) is 6.06. The summed E-state index contributed by atoms with van der Waals surface area (Å²) in [5.41, 5.74) is 0.996. The molecule has 7 heteroatoms. The van der Waals surface area contributed by atoms with Crippen LogP contribution in [0.4, 0.5) is 5.69 Å². The number of carbonyl (C=O) groups is 2. The van der Waals surface area contributed by atoms with E-state index >= 15 is 0 Å². The van der Waals surface area contributed by atoms with E-state index in [-0.39, 0.29) is 23.7 Å². The van der Waals surface area contributed by atoms with E-state index in [4.69, 9.17) is 0 Å². The van der Waals surface area contributed by atoms with Gasteiger partial charge < -0.3 is 10.2 Å². The number of amides is 2. The quantitative estimate of drug-likeness (QED) is 0.518. The monoisotopic (exact) mass is 351 g/mol. The minimum atomic E-state index is -0.600. The standard InChI is InChI=1S/C19H17N3O4/c1-21(2)19(24)15-11-9-14(10-12-15)6-5-13-20-18(23)16-7-3-4-8-17(16)22(25)26/h3-4,7-12H,13H2,1-2H3,(H,20,23). The smallest absolute Gasteiger partial charge is 0.282 e. The van der Waals surface area contributed by atoms with Crippen molar-refractivity contribution in [2.75, 3.05) is 20.6 Å². The number of benzene rings is 2. The zero-order valence-corrected chi connectivity index (χ0v) is 14.4. The van der Waals surface area contributed by atoms with Crippen molar-refractivity contribution < 1.29 is 14.5 Å². The summed E-state index contributed by atoms with van der Waals surface area (Å²) in [4.78, 5) is 35.6. The molecular formula is C19H17N3O4. The minimum absolute atomic E-state index is 0.00847. The number of para-hydroxylation sites is 1. The average molecular weight is 351 g/mol. The summed E-state index contributed by atoms with van der Waals surface area (Å²) in [6, 6.07) is 12.5. The molecule has 0 spiro atoms. The highest BCUT2D eigenvalue weighted by Crippen LogP contribution is 2.17. The van der Waals surface area contributed by atoms with E-state index in [0.29, 0.717) is 11.1 Å². The lowest BCUT2D eigenvalue weighted by Crippen LogP contribution is -2.24. The molecule has 132 valence electrons. The normalized spacial score (nSPS) is 9.62. The highest BCUT2D eigenvalue weighted by Gasteiger charge is 2.18. The predicted molar refractivity (Wildman–Crippen MR) is 96.8 cm³/mol. The Morgan fingerprint density at radius 2 is 1.77 bits per heavy atom. The van der Waals surface area contributed by atoms with E-state index in [9.17, 15) is 19.7 Å². The molecule has 0 aliphatic heterocycles. The van der Waals surface area contributed by atoms with Gasteiger partial charge in [-0.3, -0.25) is 19.7 Å². The summed E-state index contributed by atoms with van der Waals surface area (Å²) < 4.78 is 0. The van der Waals surface area contributed by atoms with Crippen LogP contribution in [0.25, 0.3) is 0 Å². The molecule has 0 atom stereocenters. The Labute approximate surface area is 150 Å². The zero-order valence-electron chi connectivity index (χ0n) is 14.4. The fourth-order valence-electron chi connectivity index (χ4n) is 2.15. The molecule has 0 bridgehead atoms. The molecule has 2 rings (SSSR count). The van der Waals surface area contributed by atoms with Crippen molar-refractivity contribution in [2.45, 2.75) is 0 Å². The van der Waals surface area contributed by atoms with Crippen molar-refractivity contribution in [3.8, 4) is 11.8 Å². The van der Waals surface area contributed by atoms with Crippen molar-refractivity contribution in [1.29, 1.82) is 0 Å². The SMILES string of the molecule is CN(C)C(=O)c1ccc(C#CCNC(=O)c2ccccc2[N+](=O)[O-])cc1. The van der Waals surface area contributed by atoms with Gasteiger partial charge in [0.05, 0.1) is 11.5 Å². The number of nitrogens with zero attached hydrogens (tertiary/aromatic N) is 2. The summed E-state index contributed by atoms with van der Waals surface area (Å²) in [7, 11) is 3.35. The van der Waals surface area contributed by atoms with Crippen molar-refractivity contribution >= 4 is 17.5 Å². The van der Waals surface area contributed by atoms with E-state index in [1.165, 1.54) is 23.1 Å². The lowest BCUT2D eigenvalue weighted by Gasteiger charge is -2.09. The number of hydrogen-bond donors (Lipinski definition) is 1. The molecule has 0 aliphatic rings. The Morgan fingerprint density at radius 3 is 2.38 bits per heavy atom. The van der Waals surface area contributed by atoms with Gasteiger partial charge in [0.25, 0.3) is 17.5 Å². The van der Waals surface area contributed by atoms with Gasteiger partial charge in [0.2, 0.25) is 0 Å². The maximum absolute atomic E-state index is 12.0. The third-order valence-corrected chi connectivity index (χ3v) is 3.45. The van der Waals surface area contributed by atoms with Crippen LogP contribution < -0.4 is 5.32 Å². The van der Waals surface area contributed by atoms with Crippen LogP contribution in [-0.4, -0.2) is 42.3 Å². The summed E-state index contributed by atoms with van der Waals surface area (Å²) in [6.45, 7) is 0.0449. The van der Waals surface area contributed by atoms with Crippen molar-refractivity contribution in [3.05, 3.63) is 75.3 Å². The fraction of sp³-hybridized carbons (Fsp3) is 0.158. The lowest BCUT2D eigenvalue weighted by atomic mass is 10.1. The van der Waals surface area contributed by atoms with Crippen LogP contribution >= 0.6 is 0 Å². The highest BCUT2D eigenvalue weighted by atomic mass is 16.6. The molecule has 0 heterocycles. The van der Waals surface area contributed by atoms with Crippen molar-refractivity contribution in [1.82, 2.24) is 10.2 Å². The molecule has 26 heavy (non-hydrogen) atoms. The molecule has 2 aromatic carbocycles. The number of hydrogen-bond acceptors (Lipinski definition) is 4. The first kappa shape index (κ1) is 18.7.